The molecule has 9 nitrogen and oxygen atoms in total. The number of aryl methyl sites for hydroxylation is 2. The van der Waals surface area contributed by atoms with E-state index in [1.54, 1.807) is 0 Å². The topological polar surface area (TPSA) is 103 Å². The predicted molar refractivity (Wildman–Crippen MR) is 147 cm³/mol. The van der Waals surface area contributed by atoms with Crippen molar-refractivity contribution in [2.24, 2.45) is 5.92 Å². The second-order valence-electron chi connectivity index (χ2n) is 10.9. The highest BCUT2D eigenvalue weighted by Crippen LogP contribution is 2.28. The first kappa shape index (κ1) is 24.5. The number of fused-ring (bicyclic) bond motifs is 2. The quantitative estimate of drug-likeness (QED) is 0.410. The average Bonchev–Trinajstić information content (AvgIpc) is 3.37. The van der Waals surface area contributed by atoms with E-state index in [-0.39, 0.29) is 5.91 Å². The van der Waals surface area contributed by atoms with Gasteiger partial charge in [-0.05, 0) is 93.0 Å². The van der Waals surface area contributed by atoms with E-state index in [4.69, 9.17) is 4.98 Å². The van der Waals surface area contributed by atoms with E-state index in [1.807, 2.05) is 29.3 Å². The van der Waals surface area contributed by atoms with Crippen LogP contribution in [0.1, 0.15) is 52.5 Å². The lowest BCUT2D eigenvalue weighted by Gasteiger charge is -2.39. The third-order valence-electron chi connectivity index (χ3n) is 7.88. The number of H-pyrrole nitrogens is 1. The van der Waals surface area contributed by atoms with Gasteiger partial charge in [-0.15, -0.1) is 0 Å². The summed E-state index contributed by atoms with van der Waals surface area (Å²) in [6.45, 7) is 9.92. The van der Waals surface area contributed by atoms with Gasteiger partial charge in [0.05, 0.1) is 5.69 Å². The Bertz CT molecular complexity index is 1450. The van der Waals surface area contributed by atoms with Crippen LogP contribution in [0.2, 0.25) is 0 Å². The Morgan fingerprint density at radius 3 is 2.61 bits per heavy atom. The van der Waals surface area contributed by atoms with Crippen LogP contribution in [0.5, 0.6) is 0 Å². The predicted octanol–water partition coefficient (Wildman–Crippen LogP) is 4.41. The largest absolute Gasteiger partial charge is 0.339 e. The SMILES string of the molecule is Cc1cc(C)cc(Nc2ncc3c(n2)CN(CC2CCN(C(=O)c4ccc5n[nH]nc5c4)CC2)C(C)C3)c1. The number of aromatic nitrogens is 5. The highest BCUT2D eigenvalue weighted by atomic mass is 16.2. The first-order chi connectivity index (χ1) is 18.4. The van der Waals surface area contributed by atoms with Crippen molar-refractivity contribution in [1.82, 2.24) is 35.2 Å². The highest BCUT2D eigenvalue weighted by Gasteiger charge is 2.30. The van der Waals surface area contributed by atoms with Gasteiger partial charge < -0.3 is 10.2 Å². The Labute approximate surface area is 222 Å². The summed E-state index contributed by atoms with van der Waals surface area (Å²) in [6, 6.07) is 12.4. The molecular weight excluding hydrogens is 476 g/mol. The van der Waals surface area contributed by atoms with Gasteiger partial charge in [0.15, 0.2) is 0 Å². The van der Waals surface area contributed by atoms with Crippen LogP contribution in [-0.4, -0.2) is 66.8 Å². The van der Waals surface area contributed by atoms with Crippen LogP contribution >= 0.6 is 0 Å². The monoisotopic (exact) mass is 510 g/mol. The summed E-state index contributed by atoms with van der Waals surface area (Å²) in [6.07, 6.45) is 4.97. The molecule has 2 aliphatic rings. The summed E-state index contributed by atoms with van der Waals surface area (Å²) in [7, 11) is 0. The lowest BCUT2D eigenvalue weighted by molar-refractivity contribution is 0.0639. The molecule has 196 valence electrons. The molecule has 4 heterocycles. The van der Waals surface area contributed by atoms with Crippen LogP contribution < -0.4 is 5.32 Å². The molecule has 0 spiro atoms. The lowest BCUT2D eigenvalue weighted by atomic mass is 9.93. The minimum absolute atomic E-state index is 0.0779. The molecule has 6 rings (SSSR count). The molecule has 2 N–H and O–H groups in total. The fourth-order valence-corrected chi connectivity index (χ4v) is 5.83. The maximum absolute atomic E-state index is 13.1. The minimum Gasteiger partial charge on any atom is -0.339 e. The number of hydrogen-bond acceptors (Lipinski definition) is 7. The van der Waals surface area contributed by atoms with E-state index in [1.165, 1.54) is 16.7 Å². The number of nitrogens with one attached hydrogen (secondary N) is 2. The van der Waals surface area contributed by atoms with Crippen molar-refractivity contribution in [2.75, 3.05) is 25.0 Å². The normalized spacial score (nSPS) is 18.5. The number of carbonyl (C=O) groups is 1. The molecule has 0 radical (unpaired) electrons. The second-order valence-corrected chi connectivity index (χ2v) is 10.9. The number of carbonyl (C=O) groups excluding carboxylic acids is 1. The van der Waals surface area contributed by atoms with Gasteiger partial charge in [-0.2, -0.15) is 15.4 Å². The number of piperidine rings is 1. The molecule has 1 unspecified atom stereocenters. The molecule has 1 amide bonds. The Morgan fingerprint density at radius 1 is 1.05 bits per heavy atom. The van der Waals surface area contributed by atoms with E-state index in [2.05, 4.69) is 69.6 Å². The van der Waals surface area contributed by atoms with Crippen LogP contribution in [0.4, 0.5) is 11.6 Å². The van der Waals surface area contributed by atoms with Gasteiger partial charge >= 0.3 is 0 Å². The molecule has 2 aliphatic heterocycles. The summed E-state index contributed by atoms with van der Waals surface area (Å²) in [5.41, 5.74) is 7.98. The van der Waals surface area contributed by atoms with E-state index >= 15 is 0 Å². The minimum atomic E-state index is 0.0779. The number of nitrogens with zero attached hydrogens (tertiary/aromatic N) is 6. The first-order valence-corrected chi connectivity index (χ1v) is 13.5. The Morgan fingerprint density at radius 2 is 1.82 bits per heavy atom. The molecule has 0 saturated carbocycles. The molecule has 1 atom stereocenters. The van der Waals surface area contributed by atoms with E-state index in [0.717, 1.165) is 67.9 Å². The molecule has 0 bridgehead atoms. The van der Waals surface area contributed by atoms with Crippen molar-refractivity contribution in [3.63, 3.8) is 0 Å². The van der Waals surface area contributed by atoms with Gasteiger partial charge in [0, 0.05) is 49.7 Å². The first-order valence-electron chi connectivity index (χ1n) is 13.5. The summed E-state index contributed by atoms with van der Waals surface area (Å²) in [4.78, 5) is 27.1. The smallest absolute Gasteiger partial charge is 0.253 e. The van der Waals surface area contributed by atoms with E-state index < -0.39 is 0 Å². The number of likely N-dealkylation sites (tertiary alicyclic amines) is 1. The standard InChI is InChI=1S/C29H34N8O/c1-18-10-19(2)12-24(11-18)31-29-30-15-23-13-20(3)37(17-27(23)32-29)16-21-6-8-36(9-7-21)28(38)22-4-5-25-26(14-22)34-35-33-25/h4-5,10-12,14-15,20-21H,6-9,13,16-17H2,1-3H3,(H,30,31,32)(H,33,34,35). The molecule has 38 heavy (non-hydrogen) atoms. The van der Waals surface area contributed by atoms with Crippen molar-refractivity contribution in [3.05, 3.63) is 70.5 Å². The highest BCUT2D eigenvalue weighted by molar-refractivity contribution is 5.97. The van der Waals surface area contributed by atoms with Crippen LogP contribution in [0.3, 0.4) is 0 Å². The summed E-state index contributed by atoms with van der Waals surface area (Å²) in [5, 5.41) is 14.2. The zero-order chi connectivity index (χ0) is 26.2. The molecule has 2 aromatic carbocycles. The van der Waals surface area contributed by atoms with Crippen LogP contribution in [0, 0.1) is 19.8 Å². The van der Waals surface area contributed by atoms with Gasteiger partial charge in [-0.3, -0.25) is 9.69 Å². The zero-order valence-electron chi connectivity index (χ0n) is 22.2. The van der Waals surface area contributed by atoms with E-state index in [9.17, 15) is 4.79 Å². The zero-order valence-corrected chi connectivity index (χ0v) is 22.2. The number of benzene rings is 2. The van der Waals surface area contributed by atoms with Crippen molar-refractivity contribution >= 4 is 28.6 Å². The number of rotatable bonds is 5. The summed E-state index contributed by atoms with van der Waals surface area (Å²) < 4.78 is 0. The maximum Gasteiger partial charge on any atom is 0.253 e. The van der Waals surface area contributed by atoms with Gasteiger partial charge in [-0.25, -0.2) is 9.97 Å². The van der Waals surface area contributed by atoms with Crippen LogP contribution in [0.25, 0.3) is 11.0 Å². The number of hydrogen-bond donors (Lipinski definition) is 2. The van der Waals surface area contributed by atoms with Crippen molar-refractivity contribution in [3.8, 4) is 0 Å². The second kappa shape index (κ2) is 10.1. The molecule has 0 aliphatic carbocycles. The Hall–Kier alpha value is -3.85. The Balaban J connectivity index is 1.07. The fourth-order valence-electron chi connectivity index (χ4n) is 5.83. The van der Waals surface area contributed by atoms with Gasteiger partial charge in [-0.1, -0.05) is 6.07 Å². The lowest BCUT2D eigenvalue weighted by Crippen LogP contribution is -2.45. The van der Waals surface area contributed by atoms with Gasteiger partial charge in [0.2, 0.25) is 5.95 Å². The molecular formula is C29H34N8O. The van der Waals surface area contributed by atoms with Crippen LogP contribution in [-0.2, 0) is 13.0 Å². The van der Waals surface area contributed by atoms with Crippen molar-refractivity contribution < 1.29 is 4.79 Å². The third-order valence-corrected chi connectivity index (χ3v) is 7.88. The van der Waals surface area contributed by atoms with Gasteiger partial charge in [0.25, 0.3) is 5.91 Å². The summed E-state index contributed by atoms with van der Waals surface area (Å²) in [5.74, 6) is 1.30. The Kier molecular flexibility index (Phi) is 6.53. The number of aromatic amines is 1. The number of amides is 1. The summed E-state index contributed by atoms with van der Waals surface area (Å²) >= 11 is 0. The number of anilines is 2. The fraction of sp³-hybridized carbons (Fsp3) is 0.414. The molecule has 1 saturated heterocycles. The molecule has 4 aromatic rings. The van der Waals surface area contributed by atoms with Crippen molar-refractivity contribution in [1.29, 1.82) is 0 Å². The van der Waals surface area contributed by atoms with E-state index in [0.29, 0.717) is 23.5 Å². The van der Waals surface area contributed by atoms with Crippen LogP contribution in [0.15, 0.2) is 42.6 Å². The molecule has 1 fully saturated rings. The van der Waals surface area contributed by atoms with Crippen molar-refractivity contribution in [2.45, 2.75) is 52.6 Å². The third kappa shape index (κ3) is 5.11. The molecule has 9 heteroatoms. The molecule has 2 aromatic heterocycles. The average molecular weight is 511 g/mol. The maximum atomic E-state index is 13.1. The van der Waals surface area contributed by atoms with Gasteiger partial charge in [0.1, 0.15) is 11.0 Å².